The van der Waals surface area contributed by atoms with Crippen molar-refractivity contribution in [2.45, 2.75) is 24.0 Å². The van der Waals surface area contributed by atoms with E-state index in [9.17, 15) is 13.2 Å². The molecular formula is C23H20N2O4S. The largest absolute Gasteiger partial charge is 0.436 e. The summed E-state index contributed by atoms with van der Waals surface area (Å²) in [6.45, 7) is 3.25. The van der Waals surface area contributed by atoms with Crippen molar-refractivity contribution in [2.75, 3.05) is 5.32 Å². The minimum absolute atomic E-state index is 0.205. The Labute approximate surface area is 174 Å². The first-order valence-corrected chi connectivity index (χ1v) is 11.0. The molecule has 0 bridgehead atoms. The van der Waals surface area contributed by atoms with E-state index < -0.39 is 15.1 Å². The van der Waals surface area contributed by atoms with Crippen LogP contribution < -0.4 is 5.32 Å². The lowest BCUT2D eigenvalue weighted by Gasteiger charge is -2.09. The lowest BCUT2D eigenvalue weighted by Crippen LogP contribution is -2.15. The van der Waals surface area contributed by atoms with E-state index in [-0.39, 0.29) is 10.8 Å². The zero-order chi connectivity index (χ0) is 21.3. The van der Waals surface area contributed by atoms with Crippen LogP contribution in [-0.2, 0) is 9.84 Å². The van der Waals surface area contributed by atoms with Gasteiger partial charge >= 0.3 is 0 Å². The number of hydrogen-bond donors (Lipinski definition) is 1. The minimum atomic E-state index is -3.37. The summed E-state index contributed by atoms with van der Waals surface area (Å²) in [7, 11) is -3.37. The first kappa shape index (κ1) is 19.8. The number of para-hydroxylation sites is 2. The van der Waals surface area contributed by atoms with Gasteiger partial charge in [0.15, 0.2) is 15.4 Å². The summed E-state index contributed by atoms with van der Waals surface area (Å²) in [5.41, 5.74) is 3.28. The maximum absolute atomic E-state index is 12.5. The van der Waals surface area contributed by atoms with Crippen molar-refractivity contribution in [3.63, 3.8) is 0 Å². The van der Waals surface area contributed by atoms with Crippen LogP contribution in [0.1, 0.15) is 24.2 Å². The van der Waals surface area contributed by atoms with Gasteiger partial charge in [0.1, 0.15) is 5.52 Å². The predicted octanol–water partition coefficient (Wildman–Crippen LogP) is 4.93. The van der Waals surface area contributed by atoms with Gasteiger partial charge in [0, 0.05) is 16.8 Å². The summed E-state index contributed by atoms with van der Waals surface area (Å²) in [6, 6.07) is 20.6. The number of carbonyl (C=O) groups is 1. The second kappa shape index (κ2) is 7.76. The SMILES string of the molecule is CC(C)S(=O)(=O)c1ccc(C(=O)Nc2ccc(-c3nc4ccccc4o3)cc2)cc1. The van der Waals surface area contributed by atoms with Gasteiger partial charge in [0.2, 0.25) is 5.89 Å². The molecule has 3 aromatic carbocycles. The predicted molar refractivity (Wildman–Crippen MR) is 116 cm³/mol. The molecule has 0 saturated carbocycles. The van der Waals surface area contributed by atoms with Gasteiger partial charge in [-0.1, -0.05) is 12.1 Å². The smallest absolute Gasteiger partial charge is 0.255 e. The Morgan fingerprint density at radius 3 is 2.23 bits per heavy atom. The molecule has 0 aliphatic rings. The first-order chi connectivity index (χ1) is 14.3. The van der Waals surface area contributed by atoms with Gasteiger partial charge < -0.3 is 9.73 Å². The van der Waals surface area contributed by atoms with E-state index in [1.54, 1.807) is 26.0 Å². The zero-order valence-electron chi connectivity index (χ0n) is 16.5. The van der Waals surface area contributed by atoms with Crippen LogP contribution in [0, 0.1) is 0 Å². The van der Waals surface area contributed by atoms with E-state index >= 15 is 0 Å². The number of aromatic nitrogens is 1. The zero-order valence-corrected chi connectivity index (χ0v) is 17.3. The van der Waals surface area contributed by atoms with Gasteiger partial charge in [0.05, 0.1) is 10.1 Å². The number of benzene rings is 3. The molecule has 0 fully saturated rings. The third-order valence-corrected chi connectivity index (χ3v) is 6.92. The molecule has 0 aliphatic carbocycles. The van der Waals surface area contributed by atoms with Crippen LogP contribution in [0.15, 0.2) is 82.1 Å². The molecular weight excluding hydrogens is 400 g/mol. The minimum Gasteiger partial charge on any atom is -0.436 e. The molecule has 0 spiro atoms. The lowest BCUT2D eigenvalue weighted by molar-refractivity contribution is 0.102. The first-order valence-electron chi connectivity index (χ1n) is 9.46. The van der Waals surface area contributed by atoms with E-state index in [1.807, 2.05) is 36.4 Å². The number of nitrogens with zero attached hydrogens (tertiary/aromatic N) is 1. The molecule has 0 radical (unpaired) electrons. The van der Waals surface area contributed by atoms with Gasteiger partial charge in [-0.2, -0.15) is 0 Å². The number of hydrogen-bond acceptors (Lipinski definition) is 5. The van der Waals surface area contributed by atoms with Crippen molar-refractivity contribution < 1.29 is 17.6 Å². The van der Waals surface area contributed by atoms with Crippen LogP contribution in [-0.4, -0.2) is 24.6 Å². The van der Waals surface area contributed by atoms with E-state index in [4.69, 9.17) is 4.42 Å². The fourth-order valence-corrected chi connectivity index (χ4v) is 4.02. The summed E-state index contributed by atoms with van der Waals surface area (Å²) in [4.78, 5) is 17.2. The highest BCUT2D eigenvalue weighted by Gasteiger charge is 2.19. The highest BCUT2D eigenvalue weighted by Crippen LogP contribution is 2.25. The summed E-state index contributed by atoms with van der Waals surface area (Å²) in [6.07, 6.45) is 0. The van der Waals surface area contributed by atoms with Gasteiger partial charge in [-0.25, -0.2) is 13.4 Å². The monoisotopic (exact) mass is 420 g/mol. The van der Waals surface area contributed by atoms with E-state index in [0.717, 1.165) is 11.1 Å². The molecule has 1 amide bonds. The quantitative estimate of drug-likeness (QED) is 0.494. The van der Waals surface area contributed by atoms with Crippen molar-refractivity contribution in [3.8, 4) is 11.5 Å². The fraction of sp³-hybridized carbons (Fsp3) is 0.130. The number of fused-ring (bicyclic) bond motifs is 1. The van der Waals surface area contributed by atoms with Crippen LogP contribution in [0.3, 0.4) is 0 Å². The van der Waals surface area contributed by atoms with Crippen LogP contribution in [0.4, 0.5) is 5.69 Å². The maximum atomic E-state index is 12.5. The topological polar surface area (TPSA) is 89.3 Å². The molecule has 4 rings (SSSR count). The van der Waals surface area contributed by atoms with Crippen molar-refractivity contribution in [3.05, 3.63) is 78.4 Å². The van der Waals surface area contributed by atoms with E-state index in [1.165, 1.54) is 24.3 Å². The molecule has 6 nitrogen and oxygen atoms in total. The number of amides is 1. The number of anilines is 1. The van der Waals surface area contributed by atoms with Crippen molar-refractivity contribution in [2.24, 2.45) is 0 Å². The molecule has 1 aromatic heterocycles. The number of nitrogens with one attached hydrogen (secondary N) is 1. The molecule has 152 valence electrons. The van der Waals surface area contributed by atoms with Gasteiger partial charge in [-0.3, -0.25) is 4.79 Å². The van der Waals surface area contributed by atoms with Crippen LogP contribution in [0.25, 0.3) is 22.6 Å². The normalized spacial score (nSPS) is 11.7. The Morgan fingerprint density at radius 1 is 0.933 bits per heavy atom. The van der Waals surface area contributed by atoms with Gasteiger partial charge in [-0.15, -0.1) is 0 Å². The molecule has 4 aromatic rings. The Bertz CT molecular complexity index is 1270. The van der Waals surface area contributed by atoms with Gasteiger partial charge in [-0.05, 0) is 74.5 Å². The highest BCUT2D eigenvalue weighted by atomic mass is 32.2. The molecule has 0 unspecified atom stereocenters. The number of rotatable bonds is 5. The second-order valence-corrected chi connectivity index (χ2v) is 9.64. The summed E-state index contributed by atoms with van der Waals surface area (Å²) >= 11 is 0. The van der Waals surface area contributed by atoms with E-state index in [0.29, 0.717) is 22.7 Å². The van der Waals surface area contributed by atoms with Crippen molar-refractivity contribution in [1.29, 1.82) is 0 Å². The molecule has 7 heteroatoms. The molecule has 1 heterocycles. The summed E-state index contributed by atoms with van der Waals surface area (Å²) in [5, 5.41) is 2.29. The summed E-state index contributed by atoms with van der Waals surface area (Å²) < 4.78 is 30.1. The molecule has 0 atom stereocenters. The third kappa shape index (κ3) is 3.84. The highest BCUT2D eigenvalue weighted by molar-refractivity contribution is 7.92. The van der Waals surface area contributed by atoms with E-state index in [2.05, 4.69) is 10.3 Å². The fourth-order valence-electron chi connectivity index (χ4n) is 2.96. The van der Waals surface area contributed by atoms with Crippen molar-refractivity contribution in [1.82, 2.24) is 4.98 Å². The average Bonchev–Trinajstić information content (AvgIpc) is 3.18. The lowest BCUT2D eigenvalue weighted by atomic mass is 10.2. The third-order valence-electron chi connectivity index (χ3n) is 4.75. The van der Waals surface area contributed by atoms with Crippen LogP contribution >= 0.6 is 0 Å². The summed E-state index contributed by atoms with van der Waals surface area (Å²) in [5.74, 6) is 0.189. The second-order valence-electron chi connectivity index (χ2n) is 7.14. The number of carbonyl (C=O) groups excluding carboxylic acids is 1. The Kier molecular flexibility index (Phi) is 5.13. The molecule has 1 N–H and O–H groups in total. The molecule has 0 aliphatic heterocycles. The Morgan fingerprint density at radius 2 is 1.60 bits per heavy atom. The number of oxazole rings is 1. The van der Waals surface area contributed by atoms with Crippen LogP contribution in [0.5, 0.6) is 0 Å². The number of sulfone groups is 1. The van der Waals surface area contributed by atoms with Gasteiger partial charge in [0.25, 0.3) is 5.91 Å². The molecule has 30 heavy (non-hydrogen) atoms. The Balaban J connectivity index is 1.48. The Hall–Kier alpha value is -3.45. The maximum Gasteiger partial charge on any atom is 0.255 e. The molecule has 0 saturated heterocycles. The van der Waals surface area contributed by atoms with Crippen LogP contribution in [0.2, 0.25) is 0 Å². The van der Waals surface area contributed by atoms with Crippen molar-refractivity contribution >= 4 is 32.5 Å². The average molecular weight is 420 g/mol. The standard InChI is InChI=1S/C23H20N2O4S/c1-15(2)30(27,28)19-13-9-16(10-14-19)22(26)24-18-11-7-17(8-12-18)23-25-20-5-3-4-6-21(20)29-23/h3-15H,1-2H3,(H,24,26).